The highest BCUT2D eigenvalue weighted by molar-refractivity contribution is 6.34. The Kier molecular flexibility index (Phi) is 4.94. The van der Waals surface area contributed by atoms with E-state index in [9.17, 15) is 4.79 Å². The number of carbonyl (C=O) groups excluding carboxylic acids is 1. The number of carbonyl (C=O) groups is 1. The predicted molar refractivity (Wildman–Crippen MR) is 85.0 cm³/mol. The molecule has 0 aliphatic rings. The molecular formula is C15H14Cl2N2O2. The lowest BCUT2D eigenvalue weighted by atomic mass is 10.1. The van der Waals surface area contributed by atoms with Crippen LogP contribution in [0, 0.1) is 0 Å². The van der Waals surface area contributed by atoms with Gasteiger partial charge in [-0.25, -0.2) is 0 Å². The summed E-state index contributed by atoms with van der Waals surface area (Å²) in [7, 11) is 1.55. The Labute approximate surface area is 132 Å². The molecular weight excluding hydrogens is 311 g/mol. The van der Waals surface area contributed by atoms with Crippen molar-refractivity contribution in [3.63, 3.8) is 0 Å². The molecule has 21 heavy (non-hydrogen) atoms. The SMILES string of the molecule is COc1ccccc1NC(C(N)=O)c1cc(Cl)cc(Cl)c1. The molecule has 1 unspecified atom stereocenters. The first kappa shape index (κ1) is 15.5. The minimum absolute atomic E-state index is 0.436. The smallest absolute Gasteiger partial charge is 0.244 e. The Morgan fingerprint density at radius 1 is 1.19 bits per heavy atom. The summed E-state index contributed by atoms with van der Waals surface area (Å²) < 4.78 is 5.24. The molecule has 2 aromatic carbocycles. The number of hydrogen-bond acceptors (Lipinski definition) is 3. The minimum atomic E-state index is -0.766. The number of methoxy groups -OCH3 is 1. The Morgan fingerprint density at radius 3 is 2.38 bits per heavy atom. The monoisotopic (exact) mass is 324 g/mol. The van der Waals surface area contributed by atoms with E-state index in [0.717, 1.165) is 0 Å². The summed E-state index contributed by atoms with van der Waals surface area (Å²) in [5, 5.41) is 3.92. The van der Waals surface area contributed by atoms with E-state index in [2.05, 4.69) is 5.32 Å². The molecule has 0 saturated carbocycles. The number of ether oxygens (including phenoxy) is 1. The molecule has 6 heteroatoms. The summed E-state index contributed by atoms with van der Waals surface area (Å²) >= 11 is 11.9. The molecule has 0 fully saturated rings. The molecule has 2 rings (SSSR count). The van der Waals surface area contributed by atoms with Crippen LogP contribution in [-0.2, 0) is 4.79 Å². The Hall–Kier alpha value is -1.91. The summed E-state index contributed by atoms with van der Waals surface area (Å²) in [5.41, 5.74) is 6.72. The van der Waals surface area contributed by atoms with Crippen molar-refractivity contribution in [1.29, 1.82) is 0 Å². The van der Waals surface area contributed by atoms with Crippen molar-refractivity contribution < 1.29 is 9.53 Å². The number of primary amides is 1. The van der Waals surface area contributed by atoms with Gasteiger partial charge in [-0.1, -0.05) is 35.3 Å². The standard InChI is InChI=1S/C15H14Cl2N2O2/c1-21-13-5-3-2-4-12(13)19-14(15(18)20)9-6-10(16)8-11(17)7-9/h2-8,14,19H,1H3,(H2,18,20). The van der Waals surface area contributed by atoms with Crippen molar-refractivity contribution in [2.45, 2.75) is 6.04 Å². The fourth-order valence-corrected chi connectivity index (χ4v) is 2.52. The topological polar surface area (TPSA) is 64.3 Å². The Morgan fingerprint density at radius 2 is 1.81 bits per heavy atom. The van der Waals surface area contributed by atoms with Crippen LogP contribution in [0.3, 0.4) is 0 Å². The van der Waals surface area contributed by atoms with Crippen LogP contribution in [0.4, 0.5) is 5.69 Å². The van der Waals surface area contributed by atoms with Crippen LogP contribution >= 0.6 is 23.2 Å². The van der Waals surface area contributed by atoms with E-state index in [0.29, 0.717) is 27.0 Å². The number of benzene rings is 2. The van der Waals surface area contributed by atoms with E-state index in [-0.39, 0.29) is 0 Å². The summed E-state index contributed by atoms with van der Waals surface area (Å²) in [6.07, 6.45) is 0. The van der Waals surface area contributed by atoms with Gasteiger partial charge in [0.1, 0.15) is 11.8 Å². The summed E-state index contributed by atoms with van der Waals surface area (Å²) in [5.74, 6) is 0.0658. The van der Waals surface area contributed by atoms with Crippen LogP contribution in [0.15, 0.2) is 42.5 Å². The third kappa shape index (κ3) is 3.80. The van der Waals surface area contributed by atoms with E-state index in [1.807, 2.05) is 12.1 Å². The summed E-state index contributed by atoms with van der Waals surface area (Å²) in [4.78, 5) is 11.8. The first-order chi connectivity index (χ1) is 10.0. The van der Waals surface area contributed by atoms with Crippen LogP contribution in [0.2, 0.25) is 10.0 Å². The number of anilines is 1. The molecule has 0 radical (unpaired) electrons. The van der Waals surface area contributed by atoms with E-state index in [4.69, 9.17) is 33.7 Å². The van der Waals surface area contributed by atoms with Crippen molar-refractivity contribution in [3.05, 3.63) is 58.1 Å². The maximum Gasteiger partial charge on any atom is 0.244 e. The number of hydrogen-bond donors (Lipinski definition) is 2. The van der Waals surface area contributed by atoms with Crippen LogP contribution in [-0.4, -0.2) is 13.0 Å². The quantitative estimate of drug-likeness (QED) is 0.882. The van der Waals surface area contributed by atoms with Crippen LogP contribution < -0.4 is 15.8 Å². The zero-order valence-corrected chi connectivity index (χ0v) is 12.8. The van der Waals surface area contributed by atoms with Crippen molar-refractivity contribution in [1.82, 2.24) is 0 Å². The van der Waals surface area contributed by atoms with Crippen LogP contribution in [0.1, 0.15) is 11.6 Å². The Bertz CT molecular complexity index is 642. The van der Waals surface area contributed by atoms with Gasteiger partial charge in [-0.05, 0) is 35.9 Å². The molecule has 4 nitrogen and oxygen atoms in total. The van der Waals surface area contributed by atoms with Gasteiger partial charge in [0.25, 0.3) is 0 Å². The van der Waals surface area contributed by atoms with Gasteiger partial charge in [-0.2, -0.15) is 0 Å². The maximum absolute atomic E-state index is 11.8. The lowest BCUT2D eigenvalue weighted by Crippen LogP contribution is -2.27. The second-order valence-corrected chi connectivity index (χ2v) is 5.26. The lowest BCUT2D eigenvalue weighted by Gasteiger charge is -2.19. The molecule has 0 heterocycles. The van der Waals surface area contributed by atoms with Gasteiger partial charge in [-0.15, -0.1) is 0 Å². The molecule has 1 amide bonds. The first-order valence-corrected chi connectivity index (χ1v) is 6.91. The minimum Gasteiger partial charge on any atom is -0.495 e. The number of nitrogens with two attached hydrogens (primary N) is 1. The largest absolute Gasteiger partial charge is 0.495 e. The van der Waals surface area contributed by atoms with Crippen LogP contribution in [0.25, 0.3) is 0 Å². The fraction of sp³-hybridized carbons (Fsp3) is 0.133. The number of amides is 1. The molecule has 0 aliphatic heterocycles. The second kappa shape index (κ2) is 6.70. The van der Waals surface area contributed by atoms with E-state index in [1.165, 1.54) is 0 Å². The van der Waals surface area contributed by atoms with Gasteiger partial charge in [0.15, 0.2) is 0 Å². The van der Waals surface area contributed by atoms with Gasteiger partial charge in [0.05, 0.1) is 12.8 Å². The summed E-state index contributed by atoms with van der Waals surface area (Å²) in [6, 6.07) is 11.3. The molecule has 0 aliphatic carbocycles. The molecule has 2 aromatic rings. The predicted octanol–water partition coefficient (Wildman–Crippen LogP) is 3.64. The van der Waals surface area contributed by atoms with Gasteiger partial charge >= 0.3 is 0 Å². The molecule has 0 bridgehead atoms. The van der Waals surface area contributed by atoms with Gasteiger partial charge in [0.2, 0.25) is 5.91 Å². The van der Waals surface area contributed by atoms with Crippen LogP contribution in [0.5, 0.6) is 5.75 Å². The normalized spacial score (nSPS) is 11.8. The zero-order valence-electron chi connectivity index (χ0n) is 11.3. The van der Waals surface area contributed by atoms with Gasteiger partial charge in [-0.3, -0.25) is 4.79 Å². The fourth-order valence-electron chi connectivity index (χ4n) is 1.98. The highest BCUT2D eigenvalue weighted by Crippen LogP contribution is 2.30. The third-order valence-electron chi connectivity index (χ3n) is 2.91. The number of halogens is 2. The number of rotatable bonds is 5. The molecule has 0 spiro atoms. The molecule has 3 N–H and O–H groups in total. The molecule has 0 saturated heterocycles. The summed E-state index contributed by atoms with van der Waals surface area (Å²) in [6.45, 7) is 0. The van der Waals surface area contributed by atoms with Gasteiger partial charge < -0.3 is 15.8 Å². The molecule has 110 valence electrons. The number of para-hydroxylation sites is 2. The Balaban J connectivity index is 2.38. The third-order valence-corrected chi connectivity index (χ3v) is 3.35. The maximum atomic E-state index is 11.8. The van der Waals surface area contributed by atoms with Crippen molar-refractivity contribution in [3.8, 4) is 5.75 Å². The zero-order chi connectivity index (χ0) is 15.4. The van der Waals surface area contributed by atoms with Crippen molar-refractivity contribution in [2.75, 3.05) is 12.4 Å². The van der Waals surface area contributed by atoms with Gasteiger partial charge in [0, 0.05) is 10.0 Å². The first-order valence-electron chi connectivity index (χ1n) is 6.16. The highest BCUT2D eigenvalue weighted by Gasteiger charge is 2.20. The van der Waals surface area contributed by atoms with Crippen molar-refractivity contribution >= 4 is 34.8 Å². The second-order valence-electron chi connectivity index (χ2n) is 4.38. The highest BCUT2D eigenvalue weighted by atomic mass is 35.5. The van der Waals surface area contributed by atoms with E-state index >= 15 is 0 Å². The lowest BCUT2D eigenvalue weighted by molar-refractivity contribution is -0.118. The molecule has 1 atom stereocenters. The number of nitrogens with one attached hydrogen (secondary N) is 1. The van der Waals surface area contributed by atoms with E-state index in [1.54, 1.807) is 37.4 Å². The molecule has 0 aromatic heterocycles. The van der Waals surface area contributed by atoms with Crippen molar-refractivity contribution in [2.24, 2.45) is 5.73 Å². The average Bonchev–Trinajstić information content (AvgIpc) is 2.43. The van der Waals surface area contributed by atoms with E-state index < -0.39 is 11.9 Å². The average molecular weight is 325 g/mol.